The number of aliphatic imine (C=N–C) groups is 1. The van der Waals surface area contributed by atoms with Gasteiger partial charge in [-0.1, -0.05) is 19.1 Å². The van der Waals surface area contributed by atoms with E-state index in [1.807, 2.05) is 38.8 Å². The lowest BCUT2D eigenvalue weighted by Crippen LogP contribution is -2.43. The summed E-state index contributed by atoms with van der Waals surface area (Å²) in [4.78, 5) is 34.2. The Hall–Kier alpha value is -3.46. The maximum atomic E-state index is 13.6. The van der Waals surface area contributed by atoms with E-state index < -0.39 is 0 Å². The number of rotatable bonds is 7. The molecular weight excluding hydrogens is 486 g/mol. The minimum atomic E-state index is -0.210. The van der Waals surface area contributed by atoms with E-state index in [0.717, 1.165) is 67.1 Å². The number of aromatic nitrogens is 2. The molecule has 204 valence electrons. The van der Waals surface area contributed by atoms with Gasteiger partial charge >= 0.3 is 0 Å². The van der Waals surface area contributed by atoms with E-state index >= 15 is 0 Å². The topological polar surface area (TPSA) is 77.0 Å². The van der Waals surface area contributed by atoms with Crippen LogP contribution in [0.1, 0.15) is 42.0 Å². The van der Waals surface area contributed by atoms with Gasteiger partial charge in [-0.05, 0) is 68.5 Å². The maximum Gasteiger partial charge on any atom is 0.274 e. The van der Waals surface area contributed by atoms with Crippen molar-refractivity contribution >= 4 is 17.3 Å². The summed E-state index contributed by atoms with van der Waals surface area (Å²) in [6.07, 6.45) is 7.37. The minimum absolute atomic E-state index is 0.0101. The number of nitrogens with one attached hydrogen (secondary N) is 1. The van der Waals surface area contributed by atoms with Gasteiger partial charge in [0.15, 0.2) is 0 Å². The van der Waals surface area contributed by atoms with Crippen molar-refractivity contribution in [3.8, 4) is 11.1 Å². The lowest BCUT2D eigenvalue weighted by Gasteiger charge is -2.32. The van der Waals surface area contributed by atoms with Gasteiger partial charge in [-0.15, -0.1) is 0 Å². The van der Waals surface area contributed by atoms with Gasteiger partial charge in [-0.2, -0.15) is 0 Å². The molecule has 2 unspecified atom stereocenters. The number of benzene rings is 1. The summed E-state index contributed by atoms with van der Waals surface area (Å²) in [6.45, 7) is 10.2. The first kappa shape index (κ1) is 27.1. The van der Waals surface area contributed by atoms with Crippen molar-refractivity contribution in [3.63, 3.8) is 0 Å². The Morgan fingerprint density at radius 3 is 2.46 bits per heavy atom. The van der Waals surface area contributed by atoms with Gasteiger partial charge in [0.05, 0.1) is 17.9 Å². The van der Waals surface area contributed by atoms with Crippen LogP contribution in [-0.2, 0) is 17.9 Å². The molecule has 0 saturated carbocycles. The van der Waals surface area contributed by atoms with Crippen LogP contribution in [0.3, 0.4) is 0 Å². The SMILES string of the molecule is CC1N=C(C(=O)Nc2cncc(CN(C)C)c2)c2cc(-c3cncc(CN4CCN(C)CC4)c3)ccc2C1C. The Labute approximate surface area is 231 Å². The molecule has 8 heteroatoms. The number of anilines is 1. The zero-order valence-corrected chi connectivity index (χ0v) is 23.7. The van der Waals surface area contributed by atoms with E-state index in [-0.39, 0.29) is 17.9 Å². The molecule has 1 saturated heterocycles. The minimum Gasteiger partial charge on any atom is -0.319 e. The van der Waals surface area contributed by atoms with Gasteiger partial charge in [0, 0.05) is 74.9 Å². The zero-order chi connectivity index (χ0) is 27.5. The molecular formula is C31H39N7O. The average molecular weight is 526 g/mol. The van der Waals surface area contributed by atoms with Crippen LogP contribution in [0.25, 0.3) is 11.1 Å². The summed E-state index contributed by atoms with van der Waals surface area (Å²) in [6, 6.07) is 10.6. The first-order valence-electron chi connectivity index (χ1n) is 13.7. The molecule has 5 rings (SSSR count). The fourth-order valence-electron chi connectivity index (χ4n) is 5.36. The molecule has 0 radical (unpaired) electrons. The van der Waals surface area contributed by atoms with Gasteiger partial charge < -0.3 is 15.1 Å². The van der Waals surface area contributed by atoms with Crippen LogP contribution in [-0.4, -0.2) is 89.7 Å². The van der Waals surface area contributed by atoms with Crippen LogP contribution >= 0.6 is 0 Å². The molecule has 2 aliphatic heterocycles. The second-order valence-electron chi connectivity index (χ2n) is 11.2. The number of amides is 1. The highest BCUT2D eigenvalue weighted by atomic mass is 16.1. The largest absolute Gasteiger partial charge is 0.319 e. The molecule has 3 aromatic rings. The molecule has 4 heterocycles. The van der Waals surface area contributed by atoms with Crippen LogP contribution in [0.4, 0.5) is 5.69 Å². The number of hydrogen-bond acceptors (Lipinski definition) is 7. The molecule has 1 amide bonds. The van der Waals surface area contributed by atoms with Crippen molar-refractivity contribution < 1.29 is 4.79 Å². The number of nitrogens with zero attached hydrogens (tertiary/aromatic N) is 6. The van der Waals surface area contributed by atoms with Gasteiger partial charge in [-0.3, -0.25) is 24.7 Å². The number of piperazine rings is 1. The van der Waals surface area contributed by atoms with Crippen molar-refractivity contribution in [1.29, 1.82) is 0 Å². The first-order chi connectivity index (χ1) is 18.8. The molecule has 39 heavy (non-hydrogen) atoms. The van der Waals surface area contributed by atoms with Crippen molar-refractivity contribution in [3.05, 3.63) is 77.4 Å². The van der Waals surface area contributed by atoms with E-state index in [4.69, 9.17) is 4.99 Å². The molecule has 1 fully saturated rings. The fourth-order valence-corrected chi connectivity index (χ4v) is 5.36. The molecule has 8 nitrogen and oxygen atoms in total. The van der Waals surface area contributed by atoms with Gasteiger partial charge in [-0.25, -0.2) is 0 Å². The summed E-state index contributed by atoms with van der Waals surface area (Å²) >= 11 is 0. The molecule has 0 bridgehead atoms. The molecule has 1 aromatic carbocycles. The highest BCUT2D eigenvalue weighted by Gasteiger charge is 2.29. The van der Waals surface area contributed by atoms with Crippen molar-refractivity contribution in [2.45, 2.75) is 38.9 Å². The molecule has 0 spiro atoms. The van der Waals surface area contributed by atoms with Crippen LogP contribution in [0, 0.1) is 0 Å². The Kier molecular flexibility index (Phi) is 8.16. The van der Waals surface area contributed by atoms with E-state index in [2.05, 4.69) is 75.1 Å². The fraction of sp³-hybridized carbons (Fsp3) is 0.419. The smallest absolute Gasteiger partial charge is 0.274 e. The number of hydrogen-bond donors (Lipinski definition) is 1. The van der Waals surface area contributed by atoms with E-state index in [1.165, 1.54) is 5.56 Å². The summed E-state index contributed by atoms with van der Waals surface area (Å²) in [7, 11) is 6.20. The monoisotopic (exact) mass is 525 g/mol. The second-order valence-corrected chi connectivity index (χ2v) is 11.2. The van der Waals surface area contributed by atoms with Crippen LogP contribution < -0.4 is 5.32 Å². The Bertz CT molecular complexity index is 1360. The summed E-state index contributed by atoms with van der Waals surface area (Å²) in [5.41, 5.74) is 7.51. The predicted octanol–water partition coefficient (Wildman–Crippen LogP) is 3.89. The maximum absolute atomic E-state index is 13.6. The normalized spacial score (nSPS) is 20.0. The van der Waals surface area contributed by atoms with Gasteiger partial charge in [0.25, 0.3) is 5.91 Å². The summed E-state index contributed by atoms with van der Waals surface area (Å²) in [5, 5.41) is 3.05. The number of carbonyl (C=O) groups is 1. The lowest BCUT2D eigenvalue weighted by atomic mass is 9.84. The van der Waals surface area contributed by atoms with E-state index in [1.54, 1.807) is 6.20 Å². The van der Waals surface area contributed by atoms with E-state index in [0.29, 0.717) is 11.4 Å². The third-order valence-corrected chi connectivity index (χ3v) is 7.75. The van der Waals surface area contributed by atoms with Gasteiger partial charge in [0.2, 0.25) is 0 Å². The summed E-state index contributed by atoms with van der Waals surface area (Å²) < 4.78 is 0. The number of likely N-dealkylation sites (N-methyl/N-ethyl adjacent to an activating group) is 1. The third kappa shape index (κ3) is 6.41. The molecule has 2 aromatic heterocycles. The second kappa shape index (κ2) is 11.7. The standard InChI is InChI=1S/C31H39N7O/c1-21-22(2)34-30(31(39)35-27-13-24(16-33-18-27)19-36(3)4)29-14-25(6-7-28(21)29)26-12-23(15-32-17-26)20-38-10-8-37(5)9-11-38/h6-7,12-18,21-22H,8-11,19-20H2,1-5H3,(H,35,39). The van der Waals surface area contributed by atoms with Gasteiger partial charge in [0.1, 0.15) is 5.71 Å². The Morgan fingerprint density at radius 2 is 1.69 bits per heavy atom. The van der Waals surface area contributed by atoms with E-state index in [9.17, 15) is 4.79 Å². The quantitative estimate of drug-likeness (QED) is 0.505. The number of carbonyl (C=O) groups excluding carboxylic acids is 1. The lowest BCUT2D eigenvalue weighted by molar-refractivity contribution is -0.110. The predicted molar refractivity (Wildman–Crippen MR) is 157 cm³/mol. The number of fused-ring (bicyclic) bond motifs is 1. The number of pyridine rings is 2. The summed E-state index contributed by atoms with van der Waals surface area (Å²) in [5.74, 6) is 0.00951. The van der Waals surface area contributed by atoms with Crippen molar-refractivity contribution in [1.82, 2.24) is 24.7 Å². The molecule has 1 N–H and O–H groups in total. The molecule has 0 aliphatic carbocycles. The van der Waals surface area contributed by atoms with Crippen LogP contribution in [0.5, 0.6) is 0 Å². The highest BCUT2D eigenvalue weighted by molar-refractivity contribution is 6.49. The molecule has 2 atom stereocenters. The Balaban J connectivity index is 1.40. The third-order valence-electron chi connectivity index (χ3n) is 7.75. The van der Waals surface area contributed by atoms with Crippen LogP contribution in [0.15, 0.2) is 60.1 Å². The Morgan fingerprint density at radius 1 is 0.949 bits per heavy atom. The first-order valence-corrected chi connectivity index (χ1v) is 13.7. The zero-order valence-electron chi connectivity index (χ0n) is 23.7. The van der Waals surface area contributed by atoms with Crippen molar-refractivity contribution in [2.75, 3.05) is 52.6 Å². The van der Waals surface area contributed by atoms with Crippen LogP contribution in [0.2, 0.25) is 0 Å². The van der Waals surface area contributed by atoms with Crippen molar-refractivity contribution in [2.24, 2.45) is 4.99 Å². The molecule has 2 aliphatic rings. The highest BCUT2D eigenvalue weighted by Crippen LogP contribution is 2.34. The average Bonchev–Trinajstić information content (AvgIpc) is 2.91.